The van der Waals surface area contributed by atoms with Crippen molar-refractivity contribution in [1.29, 1.82) is 0 Å². The lowest BCUT2D eigenvalue weighted by atomic mass is 10.1. The Kier molecular flexibility index (Phi) is 7.57. The summed E-state index contributed by atoms with van der Waals surface area (Å²) < 4.78 is 15.0. The smallest absolute Gasteiger partial charge is 0.313 e. The Labute approximate surface area is 80.1 Å². The predicted octanol–water partition coefficient (Wildman–Crippen LogP) is 2.42. The molecule has 1 unspecified atom stereocenters. The van der Waals surface area contributed by atoms with Crippen LogP contribution in [0.1, 0.15) is 45.4 Å². The number of nitrogens with two attached hydrogens (primary N) is 1. The quantitative estimate of drug-likeness (QED) is 0.475. The van der Waals surface area contributed by atoms with Crippen LogP contribution < -0.4 is 5.50 Å². The molecule has 0 fully saturated rings. The van der Waals surface area contributed by atoms with Crippen molar-refractivity contribution < 1.29 is 14.0 Å². The number of unbranched alkanes of at least 4 members (excludes halogenated alkanes) is 5. The van der Waals surface area contributed by atoms with Gasteiger partial charge in [0.05, 0.1) is 6.61 Å². The lowest BCUT2D eigenvalue weighted by Gasteiger charge is -2.05. The minimum atomic E-state index is -3.73. The maximum absolute atomic E-state index is 10.5. The molecule has 0 spiro atoms. The van der Waals surface area contributed by atoms with E-state index in [-0.39, 0.29) is 6.61 Å². The van der Waals surface area contributed by atoms with E-state index in [1.165, 1.54) is 19.3 Å². The lowest BCUT2D eigenvalue weighted by molar-refractivity contribution is 0.253. The first-order valence-electron chi connectivity index (χ1n) is 4.82. The fourth-order valence-electron chi connectivity index (χ4n) is 1.08. The third kappa shape index (κ3) is 12.1. The van der Waals surface area contributed by atoms with E-state index in [9.17, 15) is 4.57 Å². The second-order valence-electron chi connectivity index (χ2n) is 3.17. The zero-order valence-corrected chi connectivity index (χ0v) is 9.13. The van der Waals surface area contributed by atoms with E-state index < -0.39 is 7.75 Å². The third-order valence-corrected chi connectivity index (χ3v) is 2.33. The van der Waals surface area contributed by atoms with Crippen molar-refractivity contribution in [3.05, 3.63) is 0 Å². The Hall–Kier alpha value is 0.110. The monoisotopic (exact) mass is 209 g/mol. The molecule has 0 aliphatic heterocycles. The van der Waals surface area contributed by atoms with Crippen LogP contribution in [-0.2, 0) is 9.09 Å². The van der Waals surface area contributed by atoms with E-state index in [0.29, 0.717) is 0 Å². The van der Waals surface area contributed by atoms with Crippen LogP contribution in [0.4, 0.5) is 0 Å². The van der Waals surface area contributed by atoms with Crippen LogP contribution in [0, 0.1) is 0 Å². The first-order chi connectivity index (χ1) is 6.06. The van der Waals surface area contributed by atoms with Crippen LogP contribution in [0.15, 0.2) is 0 Å². The van der Waals surface area contributed by atoms with Crippen LogP contribution in [0.3, 0.4) is 0 Å². The third-order valence-electron chi connectivity index (χ3n) is 1.77. The highest BCUT2D eigenvalue weighted by molar-refractivity contribution is 7.50. The summed E-state index contributed by atoms with van der Waals surface area (Å²) in [6.45, 7) is 2.45. The molecule has 3 N–H and O–H groups in total. The van der Waals surface area contributed by atoms with Crippen LogP contribution in [0.5, 0.6) is 0 Å². The highest BCUT2D eigenvalue weighted by Crippen LogP contribution is 2.31. The molecule has 0 heterocycles. The first kappa shape index (κ1) is 13.1. The molecule has 1 atom stereocenters. The van der Waals surface area contributed by atoms with Gasteiger partial charge < -0.3 is 4.89 Å². The Bertz CT molecular complexity index is 157. The minimum Gasteiger partial charge on any atom is -0.313 e. The van der Waals surface area contributed by atoms with Crippen LogP contribution in [-0.4, -0.2) is 11.5 Å². The lowest BCUT2D eigenvalue weighted by Crippen LogP contribution is -1.99. The Morgan fingerprint density at radius 1 is 1.23 bits per heavy atom. The molecule has 13 heavy (non-hydrogen) atoms. The first-order valence-corrected chi connectivity index (χ1v) is 6.47. The van der Waals surface area contributed by atoms with Crippen LogP contribution >= 0.6 is 7.75 Å². The molecule has 0 rings (SSSR count). The molecule has 80 valence electrons. The minimum absolute atomic E-state index is 0.288. The van der Waals surface area contributed by atoms with Gasteiger partial charge >= 0.3 is 7.75 Å². The Morgan fingerprint density at radius 3 is 2.31 bits per heavy atom. The van der Waals surface area contributed by atoms with Gasteiger partial charge in [0.25, 0.3) is 0 Å². The molecule has 0 amide bonds. The maximum atomic E-state index is 10.5. The van der Waals surface area contributed by atoms with Gasteiger partial charge in [0, 0.05) is 0 Å². The molecule has 0 radical (unpaired) electrons. The molecule has 0 saturated carbocycles. The second kappa shape index (κ2) is 7.51. The summed E-state index contributed by atoms with van der Waals surface area (Å²) >= 11 is 0. The van der Waals surface area contributed by atoms with Crippen molar-refractivity contribution >= 4 is 7.75 Å². The summed E-state index contributed by atoms with van der Waals surface area (Å²) in [6.07, 6.45) is 6.74. The molecule has 0 aliphatic rings. The van der Waals surface area contributed by atoms with Crippen LogP contribution in [0.2, 0.25) is 0 Å². The molecule has 0 aliphatic carbocycles. The van der Waals surface area contributed by atoms with Crippen molar-refractivity contribution in [1.82, 2.24) is 0 Å². The molecule has 4 nitrogen and oxygen atoms in total. The van der Waals surface area contributed by atoms with E-state index in [1.807, 2.05) is 0 Å². The van der Waals surface area contributed by atoms with Gasteiger partial charge in [-0.1, -0.05) is 39.0 Å². The van der Waals surface area contributed by atoms with Crippen molar-refractivity contribution in [3.63, 3.8) is 0 Å². The molecule has 0 saturated heterocycles. The fourth-order valence-corrected chi connectivity index (χ4v) is 1.47. The fraction of sp³-hybridized carbons (Fsp3) is 1.00. The average Bonchev–Trinajstić information content (AvgIpc) is 2.01. The van der Waals surface area contributed by atoms with Gasteiger partial charge in [-0.25, -0.2) is 10.1 Å². The van der Waals surface area contributed by atoms with Crippen molar-refractivity contribution in [2.24, 2.45) is 5.50 Å². The zero-order chi connectivity index (χ0) is 10.2. The van der Waals surface area contributed by atoms with E-state index in [1.54, 1.807) is 0 Å². The molecular weight excluding hydrogens is 189 g/mol. The van der Waals surface area contributed by atoms with Gasteiger partial charge in [0.15, 0.2) is 0 Å². The van der Waals surface area contributed by atoms with Gasteiger partial charge in [-0.05, 0) is 6.42 Å². The van der Waals surface area contributed by atoms with Gasteiger partial charge in [-0.3, -0.25) is 4.52 Å². The average molecular weight is 209 g/mol. The summed E-state index contributed by atoms with van der Waals surface area (Å²) in [5.74, 6) is 0. The van der Waals surface area contributed by atoms with Crippen molar-refractivity contribution in [2.45, 2.75) is 45.4 Å². The largest absolute Gasteiger partial charge is 0.400 e. The summed E-state index contributed by atoms with van der Waals surface area (Å²) in [4.78, 5) is 8.57. The summed E-state index contributed by atoms with van der Waals surface area (Å²) in [5, 5.41) is 0. The van der Waals surface area contributed by atoms with Crippen molar-refractivity contribution in [2.75, 3.05) is 6.61 Å². The highest BCUT2D eigenvalue weighted by Gasteiger charge is 2.09. The van der Waals surface area contributed by atoms with Gasteiger partial charge in [-0.2, -0.15) is 0 Å². The molecule has 0 aromatic heterocycles. The SMILES string of the molecule is CCCCCCCCOP(N)(=O)O. The molecule has 0 aromatic carbocycles. The van der Waals surface area contributed by atoms with E-state index >= 15 is 0 Å². The van der Waals surface area contributed by atoms with Gasteiger partial charge in [-0.15, -0.1) is 0 Å². The summed E-state index contributed by atoms with van der Waals surface area (Å²) in [5.41, 5.74) is 4.79. The highest BCUT2D eigenvalue weighted by atomic mass is 31.2. The van der Waals surface area contributed by atoms with E-state index in [0.717, 1.165) is 19.3 Å². The second-order valence-corrected chi connectivity index (χ2v) is 4.55. The van der Waals surface area contributed by atoms with Gasteiger partial charge in [0.2, 0.25) is 0 Å². The molecule has 0 aromatic rings. The Balaban J connectivity index is 3.04. The standard InChI is InChI=1S/C8H20NO3P/c1-2-3-4-5-6-7-8-12-13(9,10)11/h2-8H2,1H3,(H3,9,10,11). The van der Waals surface area contributed by atoms with Gasteiger partial charge in [0.1, 0.15) is 0 Å². The molecular formula is C8H20NO3P. The van der Waals surface area contributed by atoms with Crippen molar-refractivity contribution in [3.8, 4) is 0 Å². The van der Waals surface area contributed by atoms with E-state index in [4.69, 9.17) is 10.4 Å². The van der Waals surface area contributed by atoms with Crippen LogP contribution in [0.25, 0.3) is 0 Å². The summed E-state index contributed by atoms with van der Waals surface area (Å²) in [7, 11) is -3.73. The number of hydrogen-bond acceptors (Lipinski definition) is 2. The molecule has 5 heteroatoms. The Morgan fingerprint density at radius 2 is 1.77 bits per heavy atom. The predicted molar refractivity (Wildman–Crippen MR) is 53.3 cm³/mol. The topological polar surface area (TPSA) is 72.5 Å². The normalized spacial score (nSPS) is 15.6. The van der Waals surface area contributed by atoms with E-state index in [2.05, 4.69) is 11.4 Å². The number of rotatable bonds is 8. The zero-order valence-electron chi connectivity index (χ0n) is 8.24. The maximum Gasteiger partial charge on any atom is 0.400 e. The molecule has 0 bridgehead atoms. The number of hydrogen-bond donors (Lipinski definition) is 2. The summed E-state index contributed by atoms with van der Waals surface area (Å²) in [6, 6.07) is 0.